The number of nitrogens with zero attached hydrogens (tertiary/aromatic N) is 5. The molecule has 1 aliphatic rings. The van der Waals surface area contributed by atoms with E-state index in [1.807, 2.05) is 29.9 Å². The van der Waals surface area contributed by atoms with Crippen molar-refractivity contribution >= 4 is 62.8 Å². The molecule has 5 rings (SSSR count). The lowest BCUT2D eigenvalue weighted by Gasteiger charge is -2.22. The number of piperidine rings is 1. The van der Waals surface area contributed by atoms with Crippen LogP contribution in [0.15, 0.2) is 78.1 Å². The molecule has 0 aliphatic carbocycles. The first-order chi connectivity index (χ1) is 20.8. The Morgan fingerprint density at radius 2 is 1.95 bits per heavy atom. The van der Waals surface area contributed by atoms with Crippen LogP contribution in [0.3, 0.4) is 0 Å². The van der Waals surface area contributed by atoms with Gasteiger partial charge >= 0.3 is 0 Å². The number of nitrogens with one attached hydrogen (secondary N) is 3. The van der Waals surface area contributed by atoms with Crippen LogP contribution in [0.4, 0.5) is 21.5 Å². The fourth-order valence-electron chi connectivity index (χ4n) is 4.86. The van der Waals surface area contributed by atoms with Gasteiger partial charge in [0, 0.05) is 28.0 Å². The van der Waals surface area contributed by atoms with Gasteiger partial charge in [0.15, 0.2) is 0 Å². The minimum absolute atomic E-state index is 0.0489. The molecule has 43 heavy (non-hydrogen) atoms. The van der Waals surface area contributed by atoms with Crippen molar-refractivity contribution in [2.75, 3.05) is 23.7 Å². The number of hydrogen-bond acceptors (Lipinski definition) is 7. The maximum Gasteiger partial charge on any atom is 0.141 e. The molecule has 1 saturated heterocycles. The van der Waals surface area contributed by atoms with Gasteiger partial charge in [-0.1, -0.05) is 58.7 Å². The molecule has 0 radical (unpaired) electrons. The van der Waals surface area contributed by atoms with Crippen LogP contribution in [0.25, 0.3) is 10.9 Å². The maximum atomic E-state index is 13.8. The Bertz CT molecular complexity index is 1770. The second-order valence-corrected chi connectivity index (χ2v) is 11.3. The highest BCUT2D eigenvalue weighted by molar-refractivity contribution is 6.36. The summed E-state index contributed by atoms with van der Waals surface area (Å²) in [6.07, 6.45) is 10.7. The molecule has 1 fully saturated rings. The number of pyridine rings is 1. The Labute approximate surface area is 263 Å². The summed E-state index contributed by atoms with van der Waals surface area (Å²) in [6.45, 7) is 7.99. The summed E-state index contributed by atoms with van der Waals surface area (Å²) in [4.78, 5) is 4.42. The van der Waals surface area contributed by atoms with E-state index in [0.29, 0.717) is 49.3 Å². The van der Waals surface area contributed by atoms with E-state index < -0.39 is 11.9 Å². The van der Waals surface area contributed by atoms with Crippen molar-refractivity contribution in [2.24, 2.45) is 0 Å². The van der Waals surface area contributed by atoms with E-state index in [1.165, 1.54) is 24.4 Å². The van der Waals surface area contributed by atoms with Gasteiger partial charge in [-0.2, -0.15) is 5.26 Å². The van der Waals surface area contributed by atoms with Crippen LogP contribution in [0.2, 0.25) is 10.0 Å². The van der Waals surface area contributed by atoms with Gasteiger partial charge in [-0.05, 0) is 74.8 Å². The summed E-state index contributed by atoms with van der Waals surface area (Å²) in [5.74, 6) is -0.546. The minimum atomic E-state index is -0.546. The van der Waals surface area contributed by atoms with Crippen LogP contribution in [-0.2, 0) is 0 Å². The number of nitriles is 1. The van der Waals surface area contributed by atoms with Gasteiger partial charge in [0.25, 0.3) is 0 Å². The highest BCUT2D eigenvalue weighted by Gasteiger charge is 2.23. The molecule has 3 heterocycles. The molecule has 3 N–H and O–H groups in total. The predicted molar refractivity (Wildman–Crippen MR) is 172 cm³/mol. The van der Waals surface area contributed by atoms with Crippen LogP contribution >= 0.6 is 34.8 Å². The van der Waals surface area contributed by atoms with Crippen molar-refractivity contribution in [3.05, 3.63) is 105 Å². The number of allylic oxidation sites excluding steroid dienone is 3. The number of benzene rings is 2. The molecule has 0 saturated carbocycles. The smallest absolute Gasteiger partial charge is 0.141 e. The lowest BCUT2D eigenvalue weighted by Crippen LogP contribution is -2.29. The molecule has 0 amide bonds. The van der Waals surface area contributed by atoms with Gasteiger partial charge in [0.2, 0.25) is 0 Å². The Kier molecular flexibility index (Phi) is 9.63. The van der Waals surface area contributed by atoms with E-state index in [-0.39, 0.29) is 16.6 Å². The lowest BCUT2D eigenvalue weighted by atomic mass is 10.0. The quantitative estimate of drug-likeness (QED) is 0.159. The lowest BCUT2D eigenvalue weighted by molar-refractivity contribution is 0.337. The van der Waals surface area contributed by atoms with Crippen molar-refractivity contribution in [1.82, 2.24) is 25.3 Å². The van der Waals surface area contributed by atoms with Crippen LogP contribution in [-0.4, -0.2) is 33.1 Å². The zero-order valence-electron chi connectivity index (χ0n) is 23.2. The summed E-state index contributed by atoms with van der Waals surface area (Å²) in [5, 5.41) is 30.3. The Morgan fingerprint density at radius 1 is 1.19 bits per heavy atom. The average molecular weight is 638 g/mol. The standard InChI is InChI=1S/C31H28Cl3FN8/c1-3-20(32)5-4-18(2)29(28-17-43(42-41-28)23-8-10-37-11-9-23)40-22-12-24-30(39-21-6-7-27(35)25(33)13-21)19(15-36)16-38-31(24)26(34)14-22/h3-7,12-14,16-17,23,29,37,40H,2,8-11H2,1H3,(H,38,39)/b5-4-,20-3+/t29-/m0/s1. The summed E-state index contributed by atoms with van der Waals surface area (Å²) in [6, 6.07) is 9.75. The summed E-state index contributed by atoms with van der Waals surface area (Å²) >= 11 is 19.0. The van der Waals surface area contributed by atoms with Crippen molar-refractivity contribution in [3.63, 3.8) is 0 Å². The van der Waals surface area contributed by atoms with Gasteiger partial charge in [-0.3, -0.25) is 4.98 Å². The SMILES string of the molecule is C=C(/C=C\C(Cl)=C/C)[C@H](Nc1cc(Cl)c2ncc(C#N)c(Nc3ccc(F)c(Cl)c3)c2c1)c1cn(C2CCNCC2)nn1. The molecule has 220 valence electrons. The molecule has 2 aromatic carbocycles. The maximum absolute atomic E-state index is 13.8. The second-order valence-electron chi connectivity index (χ2n) is 10.0. The van der Waals surface area contributed by atoms with Gasteiger partial charge in [-0.25, -0.2) is 9.07 Å². The van der Waals surface area contributed by atoms with E-state index in [0.717, 1.165) is 25.9 Å². The molecule has 0 bridgehead atoms. The fourth-order valence-corrected chi connectivity index (χ4v) is 5.37. The van der Waals surface area contributed by atoms with E-state index in [4.69, 9.17) is 34.8 Å². The highest BCUT2D eigenvalue weighted by atomic mass is 35.5. The molecule has 1 atom stereocenters. The number of aromatic nitrogens is 4. The van der Waals surface area contributed by atoms with Crippen LogP contribution in [0, 0.1) is 17.1 Å². The average Bonchev–Trinajstić information content (AvgIpc) is 3.51. The van der Waals surface area contributed by atoms with Crippen molar-refractivity contribution < 1.29 is 4.39 Å². The zero-order valence-corrected chi connectivity index (χ0v) is 25.5. The van der Waals surface area contributed by atoms with Gasteiger partial charge in [-0.15, -0.1) is 5.10 Å². The monoisotopic (exact) mass is 636 g/mol. The third-order valence-corrected chi connectivity index (χ3v) is 8.08. The van der Waals surface area contributed by atoms with E-state index in [9.17, 15) is 9.65 Å². The Balaban J connectivity index is 1.55. The third kappa shape index (κ3) is 7.00. The van der Waals surface area contributed by atoms with Crippen molar-refractivity contribution in [3.8, 4) is 6.07 Å². The number of fused-ring (bicyclic) bond motifs is 1. The molecule has 0 unspecified atom stereocenters. The Morgan fingerprint density at radius 3 is 2.67 bits per heavy atom. The first kappa shape index (κ1) is 30.5. The predicted octanol–water partition coefficient (Wildman–Crippen LogP) is 8.22. The third-order valence-electron chi connectivity index (χ3n) is 7.15. The number of rotatable bonds is 9. The fraction of sp³-hybridized carbons (Fsp3) is 0.226. The van der Waals surface area contributed by atoms with E-state index in [1.54, 1.807) is 18.2 Å². The van der Waals surface area contributed by atoms with Gasteiger partial charge in [0.05, 0.1) is 45.1 Å². The Hall–Kier alpha value is -3.94. The molecular weight excluding hydrogens is 610 g/mol. The molecule has 4 aromatic rings. The van der Waals surface area contributed by atoms with Crippen LogP contribution < -0.4 is 16.0 Å². The first-order valence-electron chi connectivity index (χ1n) is 13.6. The van der Waals surface area contributed by atoms with Gasteiger partial charge < -0.3 is 16.0 Å². The molecule has 12 heteroatoms. The molecule has 1 aliphatic heterocycles. The first-order valence-corrected chi connectivity index (χ1v) is 14.7. The van der Waals surface area contributed by atoms with Crippen molar-refractivity contribution in [2.45, 2.75) is 31.8 Å². The van der Waals surface area contributed by atoms with Crippen molar-refractivity contribution in [1.29, 1.82) is 5.26 Å². The summed E-state index contributed by atoms with van der Waals surface area (Å²) in [5.41, 5.74) is 3.69. The zero-order chi connectivity index (χ0) is 30.5. The largest absolute Gasteiger partial charge is 0.373 e. The normalized spacial score (nSPS) is 15.0. The number of halogens is 4. The molecular formula is C31H28Cl3FN8. The molecule has 8 nitrogen and oxygen atoms in total. The topological polar surface area (TPSA) is 103 Å². The van der Waals surface area contributed by atoms with Crippen LogP contribution in [0.5, 0.6) is 0 Å². The second kappa shape index (κ2) is 13.6. The number of hydrogen-bond donors (Lipinski definition) is 3. The summed E-state index contributed by atoms with van der Waals surface area (Å²) < 4.78 is 15.7. The summed E-state index contributed by atoms with van der Waals surface area (Å²) in [7, 11) is 0. The molecule has 0 spiro atoms. The highest BCUT2D eigenvalue weighted by Crippen LogP contribution is 2.37. The van der Waals surface area contributed by atoms with E-state index >= 15 is 0 Å². The van der Waals surface area contributed by atoms with E-state index in [2.05, 4.69) is 43.9 Å². The van der Waals surface area contributed by atoms with Crippen LogP contribution in [0.1, 0.15) is 43.1 Å². The van der Waals surface area contributed by atoms with Gasteiger partial charge in [0.1, 0.15) is 17.6 Å². The number of anilines is 3. The minimum Gasteiger partial charge on any atom is -0.373 e. The molecule has 2 aromatic heterocycles.